The van der Waals surface area contributed by atoms with E-state index >= 15 is 0 Å². The average molecular weight is 277 g/mol. The molecule has 0 spiro atoms. The highest BCUT2D eigenvalue weighted by Gasteiger charge is 2.07. The zero-order valence-electron chi connectivity index (χ0n) is 11.7. The number of benzene rings is 2. The zero-order valence-corrected chi connectivity index (χ0v) is 11.7. The second kappa shape index (κ2) is 5.75. The molecule has 0 N–H and O–H groups in total. The Bertz CT molecular complexity index is 796. The number of pyridine rings is 1. The number of nitrogens with zero attached hydrogens (tertiary/aromatic N) is 1. The van der Waals surface area contributed by atoms with E-state index in [0.717, 1.165) is 16.5 Å². The van der Waals surface area contributed by atoms with Crippen molar-refractivity contribution in [1.29, 1.82) is 0 Å². The summed E-state index contributed by atoms with van der Waals surface area (Å²) in [6.45, 7) is 1.97. The zero-order chi connectivity index (χ0) is 14.7. The van der Waals surface area contributed by atoms with Gasteiger partial charge in [0, 0.05) is 11.6 Å². The topological polar surface area (TPSA) is 39.2 Å². The Hall–Kier alpha value is -2.68. The molecule has 0 aliphatic carbocycles. The molecule has 0 amide bonds. The number of Topliss-reactive ketones (excluding diaryl/α,β-unsaturated/α-hetero) is 1. The van der Waals surface area contributed by atoms with Gasteiger partial charge in [0.1, 0.15) is 12.4 Å². The summed E-state index contributed by atoms with van der Waals surface area (Å²) in [6.07, 6.45) is 1.78. The number of carbonyl (C=O) groups is 1. The van der Waals surface area contributed by atoms with Gasteiger partial charge in [0.25, 0.3) is 0 Å². The van der Waals surface area contributed by atoms with E-state index in [9.17, 15) is 4.79 Å². The average Bonchev–Trinajstić information content (AvgIpc) is 2.53. The van der Waals surface area contributed by atoms with E-state index in [1.807, 2.05) is 42.5 Å². The maximum Gasteiger partial charge on any atom is 0.163 e. The molecule has 0 saturated heterocycles. The third-order valence-electron chi connectivity index (χ3n) is 3.33. The molecule has 104 valence electrons. The van der Waals surface area contributed by atoms with Crippen LogP contribution in [0.2, 0.25) is 0 Å². The first-order chi connectivity index (χ1) is 10.2. The van der Waals surface area contributed by atoms with Crippen LogP contribution in [0.15, 0.2) is 60.8 Å². The number of hydrogen-bond acceptors (Lipinski definition) is 3. The molecule has 0 aliphatic rings. The SMILES string of the molecule is CC(=O)c1ccccc1OCc1ccc2ncccc2c1. The van der Waals surface area contributed by atoms with Crippen LogP contribution in [-0.4, -0.2) is 10.8 Å². The normalized spacial score (nSPS) is 10.5. The van der Waals surface area contributed by atoms with E-state index in [1.54, 1.807) is 19.2 Å². The third-order valence-corrected chi connectivity index (χ3v) is 3.33. The maximum absolute atomic E-state index is 11.6. The Balaban J connectivity index is 1.82. The predicted octanol–water partition coefficient (Wildman–Crippen LogP) is 4.02. The number of para-hydroxylation sites is 1. The van der Waals surface area contributed by atoms with Crippen LogP contribution in [0, 0.1) is 0 Å². The number of aromatic nitrogens is 1. The maximum atomic E-state index is 11.6. The Kier molecular flexibility index (Phi) is 3.65. The molecule has 2 aromatic carbocycles. The second-order valence-corrected chi connectivity index (χ2v) is 4.87. The Morgan fingerprint density at radius 2 is 1.95 bits per heavy atom. The van der Waals surface area contributed by atoms with Crippen LogP contribution in [-0.2, 0) is 6.61 Å². The first kappa shape index (κ1) is 13.3. The molecule has 3 rings (SSSR count). The van der Waals surface area contributed by atoms with Gasteiger partial charge in [-0.05, 0) is 42.8 Å². The van der Waals surface area contributed by atoms with Gasteiger partial charge in [0.05, 0.1) is 11.1 Å². The highest BCUT2D eigenvalue weighted by Crippen LogP contribution is 2.21. The number of fused-ring (bicyclic) bond motifs is 1. The van der Waals surface area contributed by atoms with Crippen molar-refractivity contribution in [3.8, 4) is 5.75 Å². The Morgan fingerprint density at radius 3 is 2.81 bits per heavy atom. The molecule has 0 fully saturated rings. The first-order valence-electron chi connectivity index (χ1n) is 6.80. The molecule has 0 unspecified atom stereocenters. The van der Waals surface area contributed by atoms with Gasteiger partial charge in [0.2, 0.25) is 0 Å². The quantitative estimate of drug-likeness (QED) is 0.676. The fourth-order valence-corrected chi connectivity index (χ4v) is 2.26. The van der Waals surface area contributed by atoms with Crippen LogP contribution in [0.4, 0.5) is 0 Å². The molecule has 3 heteroatoms. The molecule has 0 bridgehead atoms. The molecule has 1 heterocycles. The fourth-order valence-electron chi connectivity index (χ4n) is 2.26. The van der Waals surface area contributed by atoms with Crippen molar-refractivity contribution in [2.75, 3.05) is 0 Å². The summed E-state index contributed by atoms with van der Waals surface area (Å²) in [5.74, 6) is 0.629. The van der Waals surface area contributed by atoms with E-state index in [-0.39, 0.29) is 5.78 Å². The molecule has 0 radical (unpaired) electrons. The largest absolute Gasteiger partial charge is 0.488 e. The van der Waals surface area contributed by atoms with Crippen LogP contribution < -0.4 is 4.74 Å². The van der Waals surface area contributed by atoms with E-state index < -0.39 is 0 Å². The Labute approximate surface area is 123 Å². The Morgan fingerprint density at radius 1 is 1.10 bits per heavy atom. The van der Waals surface area contributed by atoms with Crippen molar-refractivity contribution < 1.29 is 9.53 Å². The smallest absolute Gasteiger partial charge is 0.163 e. The number of rotatable bonds is 4. The van der Waals surface area contributed by atoms with Crippen molar-refractivity contribution in [3.63, 3.8) is 0 Å². The number of carbonyl (C=O) groups excluding carboxylic acids is 1. The lowest BCUT2D eigenvalue weighted by Gasteiger charge is -2.10. The van der Waals surface area contributed by atoms with Gasteiger partial charge in [-0.1, -0.05) is 24.3 Å². The third kappa shape index (κ3) is 2.92. The van der Waals surface area contributed by atoms with Crippen molar-refractivity contribution in [1.82, 2.24) is 4.98 Å². The molecule has 21 heavy (non-hydrogen) atoms. The van der Waals surface area contributed by atoms with Crippen LogP contribution >= 0.6 is 0 Å². The monoisotopic (exact) mass is 277 g/mol. The summed E-state index contributed by atoms with van der Waals surface area (Å²) in [7, 11) is 0. The fraction of sp³-hybridized carbons (Fsp3) is 0.111. The van der Waals surface area contributed by atoms with Gasteiger partial charge in [-0.15, -0.1) is 0 Å². The molecule has 0 saturated carbocycles. The summed E-state index contributed by atoms with van der Waals surface area (Å²) < 4.78 is 5.79. The first-order valence-corrected chi connectivity index (χ1v) is 6.80. The molecule has 1 aromatic heterocycles. The molecule has 3 nitrogen and oxygen atoms in total. The molecular weight excluding hydrogens is 262 g/mol. The molecule has 0 atom stereocenters. The van der Waals surface area contributed by atoms with Crippen molar-refractivity contribution >= 4 is 16.7 Å². The van der Waals surface area contributed by atoms with E-state index in [2.05, 4.69) is 11.1 Å². The number of ketones is 1. The highest BCUT2D eigenvalue weighted by atomic mass is 16.5. The van der Waals surface area contributed by atoms with Crippen molar-refractivity contribution in [3.05, 3.63) is 71.9 Å². The lowest BCUT2D eigenvalue weighted by molar-refractivity contribution is 0.101. The van der Waals surface area contributed by atoms with Gasteiger partial charge in [-0.3, -0.25) is 9.78 Å². The van der Waals surface area contributed by atoms with E-state index in [1.165, 1.54) is 0 Å². The van der Waals surface area contributed by atoms with Gasteiger partial charge in [-0.25, -0.2) is 0 Å². The van der Waals surface area contributed by atoms with Crippen LogP contribution in [0.1, 0.15) is 22.8 Å². The highest BCUT2D eigenvalue weighted by molar-refractivity contribution is 5.96. The minimum atomic E-state index is 0.00770. The summed E-state index contributed by atoms with van der Waals surface area (Å²) in [4.78, 5) is 15.9. The van der Waals surface area contributed by atoms with Crippen molar-refractivity contribution in [2.45, 2.75) is 13.5 Å². The summed E-state index contributed by atoms with van der Waals surface area (Å²) in [6, 6.07) is 17.3. The lowest BCUT2D eigenvalue weighted by Crippen LogP contribution is -2.01. The lowest BCUT2D eigenvalue weighted by atomic mass is 10.1. The van der Waals surface area contributed by atoms with Gasteiger partial charge < -0.3 is 4.74 Å². The summed E-state index contributed by atoms with van der Waals surface area (Å²) in [5, 5.41) is 1.08. The number of ether oxygens (including phenoxy) is 1. The van der Waals surface area contributed by atoms with Crippen molar-refractivity contribution in [2.24, 2.45) is 0 Å². The molecule has 3 aromatic rings. The summed E-state index contributed by atoms with van der Waals surface area (Å²) in [5.41, 5.74) is 2.62. The van der Waals surface area contributed by atoms with Crippen LogP contribution in [0.5, 0.6) is 5.75 Å². The van der Waals surface area contributed by atoms with Gasteiger partial charge in [0.15, 0.2) is 5.78 Å². The standard InChI is InChI=1S/C18H15NO2/c1-13(20)16-6-2-3-7-18(16)21-12-14-8-9-17-15(11-14)5-4-10-19-17/h2-11H,12H2,1H3. The minimum Gasteiger partial charge on any atom is -0.488 e. The van der Waals surface area contributed by atoms with Gasteiger partial charge >= 0.3 is 0 Å². The molecular formula is C18H15NO2. The second-order valence-electron chi connectivity index (χ2n) is 4.87. The predicted molar refractivity (Wildman–Crippen MR) is 82.5 cm³/mol. The summed E-state index contributed by atoms with van der Waals surface area (Å²) >= 11 is 0. The number of hydrogen-bond donors (Lipinski definition) is 0. The van der Waals surface area contributed by atoms with E-state index in [0.29, 0.717) is 17.9 Å². The minimum absolute atomic E-state index is 0.00770. The van der Waals surface area contributed by atoms with E-state index in [4.69, 9.17) is 4.74 Å². The van der Waals surface area contributed by atoms with Crippen LogP contribution in [0.3, 0.4) is 0 Å². The van der Waals surface area contributed by atoms with Crippen LogP contribution in [0.25, 0.3) is 10.9 Å². The molecule has 0 aliphatic heterocycles. The van der Waals surface area contributed by atoms with Gasteiger partial charge in [-0.2, -0.15) is 0 Å².